The maximum atomic E-state index is 6.00. The number of methoxy groups -OCH3 is 1. The molecule has 7 nitrogen and oxygen atoms in total. The van der Waals surface area contributed by atoms with Crippen molar-refractivity contribution in [2.45, 2.75) is 26.0 Å². The van der Waals surface area contributed by atoms with Gasteiger partial charge in [0.05, 0.1) is 12.8 Å². The molecule has 144 valence electrons. The number of hydrogen-bond acceptors (Lipinski definition) is 6. The third kappa shape index (κ3) is 3.58. The molecule has 0 saturated carbocycles. The Kier molecular flexibility index (Phi) is 5.02. The summed E-state index contributed by atoms with van der Waals surface area (Å²) in [6.07, 6.45) is 5.20. The molecule has 2 unspecified atom stereocenters. The first-order valence-corrected chi connectivity index (χ1v) is 9.23. The number of aryl methyl sites for hydroxylation is 1. The molecule has 0 radical (unpaired) electrons. The lowest BCUT2D eigenvalue weighted by Crippen LogP contribution is -2.37. The zero-order valence-electron chi connectivity index (χ0n) is 15.8. The lowest BCUT2D eigenvalue weighted by atomic mass is 10.0. The third-order valence-electron chi connectivity index (χ3n) is 4.55. The number of ether oxygens (including phenoxy) is 1. The first-order chi connectivity index (χ1) is 13.5. The van der Waals surface area contributed by atoms with E-state index in [1.807, 2.05) is 54.9 Å². The highest BCUT2D eigenvalue weighted by molar-refractivity contribution is 6.30. The Balaban J connectivity index is 1.69. The largest absolute Gasteiger partial charge is 0.493 e. The average Bonchev–Trinajstić information content (AvgIpc) is 3.15. The van der Waals surface area contributed by atoms with Crippen molar-refractivity contribution in [3.8, 4) is 11.6 Å². The van der Waals surface area contributed by atoms with Gasteiger partial charge in [0, 0.05) is 23.0 Å². The summed E-state index contributed by atoms with van der Waals surface area (Å²) < 4.78 is 7.36. The summed E-state index contributed by atoms with van der Waals surface area (Å²) in [5.41, 5.74) is 5.62. The lowest BCUT2D eigenvalue weighted by Gasteiger charge is -2.28. The summed E-state index contributed by atoms with van der Waals surface area (Å²) in [5, 5.41) is 0.690. The van der Waals surface area contributed by atoms with Gasteiger partial charge in [-0.25, -0.2) is 15.4 Å². The molecule has 2 aromatic heterocycles. The molecular weight excluding hydrogens is 378 g/mol. The van der Waals surface area contributed by atoms with Gasteiger partial charge in [-0.1, -0.05) is 23.7 Å². The molecule has 0 aliphatic carbocycles. The molecule has 0 amide bonds. The van der Waals surface area contributed by atoms with E-state index >= 15 is 0 Å². The summed E-state index contributed by atoms with van der Waals surface area (Å²) in [5.74, 6) is 1.87. The zero-order valence-corrected chi connectivity index (χ0v) is 16.5. The minimum Gasteiger partial charge on any atom is -0.493 e. The van der Waals surface area contributed by atoms with Gasteiger partial charge in [0.1, 0.15) is 18.5 Å². The van der Waals surface area contributed by atoms with Crippen molar-refractivity contribution in [1.29, 1.82) is 0 Å². The summed E-state index contributed by atoms with van der Waals surface area (Å²) in [6, 6.07) is 9.35. The molecule has 1 aliphatic rings. The van der Waals surface area contributed by atoms with Crippen molar-refractivity contribution in [3.05, 3.63) is 70.9 Å². The first-order valence-electron chi connectivity index (χ1n) is 8.85. The molecule has 0 spiro atoms. The molecule has 1 aromatic carbocycles. The molecule has 0 saturated heterocycles. The Bertz CT molecular complexity index is 1020. The molecule has 1 N–H and O–H groups in total. The van der Waals surface area contributed by atoms with Crippen molar-refractivity contribution in [3.63, 3.8) is 0 Å². The van der Waals surface area contributed by atoms with Crippen LogP contribution >= 0.6 is 11.6 Å². The van der Waals surface area contributed by atoms with Crippen molar-refractivity contribution >= 4 is 17.4 Å². The number of pyridine rings is 1. The van der Waals surface area contributed by atoms with Crippen molar-refractivity contribution in [2.24, 2.45) is 4.99 Å². The maximum Gasteiger partial charge on any atom is 0.180 e. The number of aromatic nitrogens is 3. The minimum atomic E-state index is -0.157. The SMILES string of the molecule is COc1cc(C2=NC(c3ccc(Cl)cc3)C(C)ON2)cnc1-n1cnc(C)c1. The Morgan fingerprint density at radius 1 is 1.21 bits per heavy atom. The normalized spacial score (nSPS) is 19.1. The summed E-state index contributed by atoms with van der Waals surface area (Å²) in [4.78, 5) is 19.4. The molecular formula is C20H20ClN5O2. The van der Waals surface area contributed by atoms with E-state index in [0.717, 1.165) is 16.8 Å². The van der Waals surface area contributed by atoms with Crippen molar-refractivity contribution < 1.29 is 9.57 Å². The standard InChI is InChI=1S/C20H20ClN5O2/c1-12-10-26(11-23-12)20-17(27-3)8-15(9-22-20)19-24-18(13(2)28-25-19)14-4-6-16(21)7-5-14/h4-11,13,18H,1-3H3,(H,24,25). The number of aliphatic imine (C=N–C) groups is 1. The highest BCUT2D eigenvalue weighted by atomic mass is 35.5. The van der Waals surface area contributed by atoms with Crippen LogP contribution in [0.15, 0.2) is 54.0 Å². The van der Waals surface area contributed by atoms with Crippen LogP contribution in [0.1, 0.15) is 29.8 Å². The monoisotopic (exact) mass is 397 g/mol. The number of halogens is 1. The van der Waals surface area contributed by atoms with Gasteiger partial charge < -0.3 is 4.74 Å². The second kappa shape index (κ2) is 7.61. The van der Waals surface area contributed by atoms with Gasteiger partial charge in [-0.05, 0) is 37.6 Å². The highest BCUT2D eigenvalue weighted by Gasteiger charge is 2.26. The Labute approximate surface area is 168 Å². The van der Waals surface area contributed by atoms with Crippen LogP contribution in [-0.4, -0.2) is 33.6 Å². The predicted octanol–water partition coefficient (Wildman–Crippen LogP) is 3.65. The van der Waals surface area contributed by atoms with Gasteiger partial charge in [0.15, 0.2) is 17.4 Å². The van der Waals surface area contributed by atoms with Crippen LogP contribution in [0.3, 0.4) is 0 Å². The number of imidazole rings is 1. The molecule has 2 atom stereocenters. The molecule has 3 heterocycles. The van der Waals surface area contributed by atoms with Crippen molar-refractivity contribution in [2.75, 3.05) is 7.11 Å². The zero-order chi connectivity index (χ0) is 19.7. The van der Waals surface area contributed by atoms with Crippen LogP contribution in [0.25, 0.3) is 5.82 Å². The number of hydrogen-bond donors (Lipinski definition) is 1. The smallest absolute Gasteiger partial charge is 0.180 e. The van der Waals surface area contributed by atoms with Gasteiger partial charge in [0.25, 0.3) is 0 Å². The number of hydroxylamine groups is 1. The number of benzene rings is 1. The Morgan fingerprint density at radius 3 is 2.68 bits per heavy atom. The molecule has 3 aromatic rings. The fourth-order valence-electron chi connectivity index (χ4n) is 3.07. The summed E-state index contributed by atoms with van der Waals surface area (Å²) in [6.45, 7) is 3.89. The second-order valence-corrected chi connectivity index (χ2v) is 7.01. The molecule has 1 aliphatic heterocycles. The average molecular weight is 398 g/mol. The summed E-state index contributed by atoms with van der Waals surface area (Å²) in [7, 11) is 1.61. The number of nitrogens with zero attached hydrogens (tertiary/aromatic N) is 4. The Morgan fingerprint density at radius 2 is 2.00 bits per heavy atom. The van der Waals surface area contributed by atoms with Crippen LogP contribution in [0.4, 0.5) is 0 Å². The number of rotatable bonds is 4. The van der Waals surface area contributed by atoms with E-state index in [1.165, 1.54) is 0 Å². The van der Waals surface area contributed by atoms with E-state index in [1.54, 1.807) is 19.6 Å². The number of nitrogens with one attached hydrogen (secondary N) is 1. The van der Waals surface area contributed by atoms with Crippen LogP contribution in [0.5, 0.6) is 5.75 Å². The van der Waals surface area contributed by atoms with Crippen LogP contribution < -0.4 is 10.2 Å². The molecule has 28 heavy (non-hydrogen) atoms. The highest BCUT2D eigenvalue weighted by Crippen LogP contribution is 2.29. The van der Waals surface area contributed by atoms with E-state index in [0.29, 0.717) is 22.4 Å². The fraction of sp³-hybridized carbons (Fsp3) is 0.250. The van der Waals surface area contributed by atoms with Crippen LogP contribution in [-0.2, 0) is 4.84 Å². The predicted molar refractivity (Wildman–Crippen MR) is 107 cm³/mol. The topological polar surface area (TPSA) is 73.6 Å². The fourth-order valence-corrected chi connectivity index (χ4v) is 3.20. The van der Waals surface area contributed by atoms with E-state index in [2.05, 4.69) is 15.4 Å². The molecule has 4 rings (SSSR count). The first kappa shape index (κ1) is 18.5. The van der Waals surface area contributed by atoms with Gasteiger partial charge >= 0.3 is 0 Å². The third-order valence-corrected chi connectivity index (χ3v) is 4.80. The Hall–Kier alpha value is -2.90. The molecule has 8 heteroatoms. The minimum absolute atomic E-state index is 0.132. The van der Waals surface area contributed by atoms with Gasteiger partial charge in [-0.3, -0.25) is 14.4 Å². The summed E-state index contributed by atoms with van der Waals surface area (Å²) >= 11 is 6.00. The van der Waals surface area contributed by atoms with E-state index in [9.17, 15) is 0 Å². The van der Waals surface area contributed by atoms with Crippen LogP contribution in [0, 0.1) is 6.92 Å². The van der Waals surface area contributed by atoms with E-state index in [4.69, 9.17) is 26.2 Å². The van der Waals surface area contributed by atoms with Crippen molar-refractivity contribution in [1.82, 2.24) is 20.0 Å². The van der Waals surface area contributed by atoms with Gasteiger partial charge in [-0.15, -0.1) is 0 Å². The van der Waals surface area contributed by atoms with Crippen LogP contribution in [0.2, 0.25) is 5.02 Å². The lowest BCUT2D eigenvalue weighted by molar-refractivity contribution is -0.00464. The van der Waals surface area contributed by atoms with Gasteiger partial charge in [-0.2, -0.15) is 0 Å². The molecule has 0 fully saturated rings. The maximum absolute atomic E-state index is 6.00. The quantitative estimate of drug-likeness (QED) is 0.727. The number of amidine groups is 1. The van der Waals surface area contributed by atoms with Gasteiger partial charge in [0.2, 0.25) is 0 Å². The molecule has 0 bridgehead atoms. The second-order valence-electron chi connectivity index (χ2n) is 6.57. The van der Waals surface area contributed by atoms with E-state index in [-0.39, 0.29) is 12.1 Å². The van der Waals surface area contributed by atoms with E-state index < -0.39 is 0 Å².